The first-order chi connectivity index (χ1) is 17.1. The van der Waals surface area contributed by atoms with E-state index >= 15 is 0 Å². The fourth-order valence-electron chi connectivity index (χ4n) is 4.69. The number of ether oxygens (including phenoxy) is 2. The van der Waals surface area contributed by atoms with Gasteiger partial charge in [-0.05, 0) is 49.2 Å². The molecule has 0 bridgehead atoms. The minimum Gasteiger partial charge on any atom is -0.494 e. The van der Waals surface area contributed by atoms with Gasteiger partial charge in [0, 0.05) is 0 Å². The first-order valence-corrected chi connectivity index (χ1v) is 11.8. The molecule has 1 aliphatic heterocycles. The molecule has 7 heteroatoms. The van der Waals surface area contributed by atoms with Gasteiger partial charge >= 0.3 is 5.97 Å². The molecule has 35 heavy (non-hydrogen) atoms. The van der Waals surface area contributed by atoms with Gasteiger partial charge in [0.15, 0.2) is 5.92 Å². The van der Waals surface area contributed by atoms with Crippen LogP contribution >= 0.6 is 0 Å². The van der Waals surface area contributed by atoms with E-state index in [9.17, 15) is 9.59 Å². The average Bonchev–Trinajstić information content (AvgIpc) is 3.26. The molecular formula is C28H27N3O4. The second-order valence-corrected chi connectivity index (χ2v) is 8.36. The number of benzene rings is 3. The number of nitrogens with zero attached hydrogens (tertiary/aromatic N) is 3. The van der Waals surface area contributed by atoms with Crippen LogP contribution in [-0.4, -0.2) is 34.6 Å². The van der Waals surface area contributed by atoms with Gasteiger partial charge in [0.2, 0.25) is 11.9 Å². The van der Waals surface area contributed by atoms with Crippen molar-refractivity contribution >= 4 is 28.9 Å². The Labute approximate surface area is 203 Å². The van der Waals surface area contributed by atoms with Gasteiger partial charge in [-0.3, -0.25) is 14.5 Å². The van der Waals surface area contributed by atoms with Crippen molar-refractivity contribution in [1.82, 2.24) is 9.55 Å². The second-order valence-electron chi connectivity index (χ2n) is 8.36. The molecule has 0 unspecified atom stereocenters. The number of hydrogen-bond donors (Lipinski definition) is 0. The number of anilines is 1. The SMILES string of the molecule is CCOC(=O)[C@H]1C(=O)N(Cc2ccccc2)c2nc3ccccc3n2[C@@H]1c1ccc(OCC)cc1. The van der Waals surface area contributed by atoms with Crippen molar-refractivity contribution in [2.24, 2.45) is 5.92 Å². The van der Waals surface area contributed by atoms with Gasteiger partial charge < -0.3 is 14.0 Å². The molecule has 2 atom stereocenters. The molecule has 1 aromatic heterocycles. The first-order valence-electron chi connectivity index (χ1n) is 11.8. The van der Waals surface area contributed by atoms with Gasteiger partial charge in [-0.2, -0.15) is 0 Å². The highest BCUT2D eigenvalue weighted by molar-refractivity contribution is 6.08. The zero-order valence-corrected chi connectivity index (χ0v) is 19.8. The lowest BCUT2D eigenvalue weighted by Gasteiger charge is -2.38. The summed E-state index contributed by atoms with van der Waals surface area (Å²) in [6.07, 6.45) is 0. The molecule has 7 nitrogen and oxygen atoms in total. The molecule has 178 valence electrons. The summed E-state index contributed by atoms with van der Waals surface area (Å²) in [5, 5.41) is 0. The van der Waals surface area contributed by atoms with Crippen LogP contribution in [0.25, 0.3) is 11.0 Å². The van der Waals surface area contributed by atoms with E-state index in [-0.39, 0.29) is 12.5 Å². The van der Waals surface area contributed by atoms with Crippen LogP contribution in [0.2, 0.25) is 0 Å². The van der Waals surface area contributed by atoms with Crippen LogP contribution in [-0.2, 0) is 20.9 Å². The number of imidazole rings is 1. The highest BCUT2D eigenvalue weighted by atomic mass is 16.5. The van der Waals surface area contributed by atoms with E-state index in [2.05, 4.69) is 0 Å². The van der Waals surface area contributed by atoms with E-state index in [0.29, 0.717) is 19.1 Å². The highest BCUT2D eigenvalue weighted by Crippen LogP contribution is 2.42. The molecule has 1 amide bonds. The smallest absolute Gasteiger partial charge is 0.321 e. The summed E-state index contributed by atoms with van der Waals surface area (Å²) < 4.78 is 13.0. The largest absolute Gasteiger partial charge is 0.494 e. The number of hydrogen-bond acceptors (Lipinski definition) is 5. The molecule has 1 aliphatic rings. The van der Waals surface area contributed by atoms with E-state index in [1.165, 1.54) is 0 Å². The standard InChI is InChI=1S/C28H27N3O4/c1-3-34-21-16-14-20(15-17-21)25-24(27(33)35-4-2)26(32)30(18-19-10-6-5-7-11-19)28-29-22-12-8-9-13-23(22)31(25)28/h5-17,24-25H,3-4,18H2,1-2H3/t24-,25-/m1/s1. The van der Waals surface area contributed by atoms with Gasteiger partial charge in [-0.1, -0.05) is 54.6 Å². The van der Waals surface area contributed by atoms with E-state index in [1.807, 2.05) is 90.4 Å². The molecule has 4 aromatic rings. The number of carbonyl (C=O) groups is 2. The third-order valence-corrected chi connectivity index (χ3v) is 6.20. The second kappa shape index (κ2) is 9.62. The van der Waals surface area contributed by atoms with Gasteiger partial charge in [0.05, 0.1) is 36.8 Å². The molecule has 0 saturated heterocycles. The van der Waals surface area contributed by atoms with Crippen LogP contribution in [0, 0.1) is 5.92 Å². The number of fused-ring (bicyclic) bond motifs is 3. The molecule has 0 aliphatic carbocycles. The maximum atomic E-state index is 14.0. The Balaban J connectivity index is 1.71. The fraction of sp³-hybridized carbons (Fsp3) is 0.250. The summed E-state index contributed by atoms with van der Waals surface area (Å²) in [4.78, 5) is 33.7. The monoisotopic (exact) mass is 469 g/mol. The van der Waals surface area contributed by atoms with Crippen LogP contribution in [0.4, 0.5) is 5.95 Å². The summed E-state index contributed by atoms with van der Waals surface area (Å²) in [6, 6.07) is 24.4. The van der Waals surface area contributed by atoms with Crippen molar-refractivity contribution in [2.45, 2.75) is 26.4 Å². The van der Waals surface area contributed by atoms with Gasteiger partial charge in [0.25, 0.3) is 0 Å². The van der Waals surface area contributed by atoms with Crippen LogP contribution in [0.1, 0.15) is 31.0 Å². The Hall–Kier alpha value is -4.13. The molecule has 5 rings (SSSR count). The van der Waals surface area contributed by atoms with E-state index in [1.54, 1.807) is 11.8 Å². The van der Waals surface area contributed by atoms with Crippen molar-refractivity contribution in [1.29, 1.82) is 0 Å². The Morgan fingerprint density at radius 3 is 2.34 bits per heavy atom. The molecular weight excluding hydrogens is 442 g/mol. The van der Waals surface area contributed by atoms with Crippen molar-refractivity contribution in [3.05, 3.63) is 90.0 Å². The third-order valence-electron chi connectivity index (χ3n) is 6.20. The number of para-hydroxylation sites is 2. The van der Waals surface area contributed by atoms with Gasteiger partial charge in [0.1, 0.15) is 5.75 Å². The van der Waals surface area contributed by atoms with E-state index in [0.717, 1.165) is 27.9 Å². The third kappa shape index (κ3) is 4.14. The maximum Gasteiger partial charge on any atom is 0.321 e. The summed E-state index contributed by atoms with van der Waals surface area (Å²) >= 11 is 0. The molecule has 2 heterocycles. The van der Waals surface area contributed by atoms with Crippen LogP contribution in [0.5, 0.6) is 5.75 Å². The lowest BCUT2D eigenvalue weighted by molar-refractivity contribution is -0.153. The van der Waals surface area contributed by atoms with Crippen LogP contribution in [0.3, 0.4) is 0 Å². The molecule has 0 radical (unpaired) electrons. The van der Waals surface area contributed by atoms with Crippen molar-refractivity contribution in [2.75, 3.05) is 18.1 Å². The maximum absolute atomic E-state index is 14.0. The lowest BCUT2D eigenvalue weighted by Crippen LogP contribution is -2.49. The van der Waals surface area contributed by atoms with Crippen molar-refractivity contribution < 1.29 is 19.1 Å². The quantitative estimate of drug-likeness (QED) is 0.288. The lowest BCUT2D eigenvalue weighted by atomic mass is 9.89. The average molecular weight is 470 g/mol. The zero-order valence-electron chi connectivity index (χ0n) is 19.8. The number of aromatic nitrogens is 2. The molecule has 0 spiro atoms. The van der Waals surface area contributed by atoms with E-state index < -0.39 is 17.9 Å². The van der Waals surface area contributed by atoms with Crippen LogP contribution in [0.15, 0.2) is 78.9 Å². The zero-order chi connectivity index (χ0) is 24.4. The Kier molecular flexibility index (Phi) is 6.23. The Morgan fingerprint density at radius 2 is 1.63 bits per heavy atom. The molecule has 0 N–H and O–H groups in total. The molecule has 0 fully saturated rings. The summed E-state index contributed by atoms with van der Waals surface area (Å²) in [6.45, 7) is 4.72. The molecule has 3 aromatic carbocycles. The normalized spacial score (nSPS) is 17.3. The summed E-state index contributed by atoms with van der Waals surface area (Å²) in [5.41, 5.74) is 3.36. The Bertz CT molecular complexity index is 1350. The Morgan fingerprint density at radius 1 is 0.914 bits per heavy atom. The van der Waals surface area contributed by atoms with Gasteiger partial charge in [-0.25, -0.2) is 4.98 Å². The van der Waals surface area contributed by atoms with Crippen LogP contribution < -0.4 is 9.64 Å². The minimum atomic E-state index is -1.05. The van der Waals surface area contributed by atoms with Crippen molar-refractivity contribution in [3.8, 4) is 5.75 Å². The predicted octanol–water partition coefficient (Wildman–Crippen LogP) is 4.75. The minimum absolute atomic E-state index is 0.189. The van der Waals surface area contributed by atoms with Crippen molar-refractivity contribution in [3.63, 3.8) is 0 Å². The number of esters is 1. The number of rotatable bonds is 7. The topological polar surface area (TPSA) is 73.7 Å². The number of carbonyl (C=O) groups excluding carboxylic acids is 2. The predicted molar refractivity (Wildman–Crippen MR) is 133 cm³/mol. The fourth-order valence-corrected chi connectivity index (χ4v) is 4.69. The first kappa shape index (κ1) is 22.7. The van der Waals surface area contributed by atoms with E-state index in [4.69, 9.17) is 14.5 Å². The summed E-state index contributed by atoms with van der Waals surface area (Å²) in [5.74, 6) is -0.680. The highest BCUT2D eigenvalue weighted by Gasteiger charge is 2.47. The van der Waals surface area contributed by atoms with Gasteiger partial charge in [-0.15, -0.1) is 0 Å². The number of amides is 1. The summed E-state index contributed by atoms with van der Waals surface area (Å²) in [7, 11) is 0. The molecule has 0 saturated carbocycles.